The quantitative estimate of drug-likeness (QED) is 0.225. The van der Waals surface area contributed by atoms with Crippen LogP contribution in [-0.4, -0.2) is 56.6 Å². The Morgan fingerprint density at radius 1 is 1.35 bits per heavy atom. The Morgan fingerprint density at radius 2 is 2.10 bits per heavy atom. The number of fused-ring (bicyclic) bond motifs is 1. The topological polar surface area (TPSA) is 149 Å². The molecule has 5 N–H and O–H groups in total. The number of H-pyrrole nitrogens is 1. The maximum atomic E-state index is 12.4. The van der Waals surface area contributed by atoms with Gasteiger partial charge in [0.1, 0.15) is 12.1 Å². The molecule has 0 aliphatic heterocycles. The van der Waals surface area contributed by atoms with Crippen LogP contribution in [0.25, 0.3) is 11.2 Å². The van der Waals surface area contributed by atoms with E-state index in [9.17, 15) is 9.59 Å². The number of ether oxygens (including phenoxy) is 2. The van der Waals surface area contributed by atoms with Crippen molar-refractivity contribution in [2.24, 2.45) is 0 Å². The lowest BCUT2D eigenvalue weighted by atomic mass is 10.3. The van der Waals surface area contributed by atoms with E-state index in [4.69, 9.17) is 15.2 Å². The van der Waals surface area contributed by atoms with Gasteiger partial charge in [-0.25, -0.2) is 4.98 Å². The molecule has 12 heteroatoms. The van der Waals surface area contributed by atoms with Crippen molar-refractivity contribution >= 4 is 31.3 Å². The molecule has 11 nitrogen and oxygen atoms in total. The zero-order chi connectivity index (χ0) is 22.4. The number of imidazole rings is 1. The number of carbonyl (C=O) groups is 1. The van der Waals surface area contributed by atoms with E-state index in [1.165, 1.54) is 0 Å². The molecule has 3 rings (SSSR count). The van der Waals surface area contributed by atoms with E-state index >= 15 is 0 Å². The highest BCUT2D eigenvalue weighted by Gasteiger charge is 2.25. The summed E-state index contributed by atoms with van der Waals surface area (Å²) in [7, 11) is -0.942. The molecule has 0 aromatic carbocycles. The van der Waals surface area contributed by atoms with Gasteiger partial charge in [-0.1, -0.05) is 0 Å². The first-order valence-corrected chi connectivity index (χ1v) is 12.1. The first-order chi connectivity index (χ1) is 14.8. The summed E-state index contributed by atoms with van der Waals surface area (Å²) in [6, 6.07) is -0.185. The van der Waals surface area contributed by atoms with Gasteiger partial charge in [0.2, 0.25) is 5.95 Å². The van der Waals surface area contributed by atoms with Crippen LogP contribution >= 0.6 is 8.22 Å². The lowest BCUT2D eigenvalue weighted by Crippen LogP contribution is -2.38. The molecule has 2 atom stereocenters. The van der Waals surface area contributed by atoms with Gasteiger partial charge in [0, 0.05) is 12.6 Å². The van der Waals surface area contributed by atoms with Crippen molar-refractivity contribution in [3.63, 3.8) is 0 Å². The number of esters is 1. The molecular formula is C19H32N7O4P. The molecule has 2 heterocycles. The summed E-state index contributed by atoms with van der Waals surface area (Å²) >= 11 is 0. The number of nitrogens with one attached hydrogen (secondary N) is 3. The number of nitrogens with zero attached hydrogens (tertiary/aromatic N) is 3. The fraction of sp³-hybridized carbons (Fsp3) is 0.684. The second kappa shape index (κ2) is 11.0. The van der Waals surface area contributed by atoms with Crippen LogP contribution in [0.4, 0.5) is 5.95 Å². The number of rotatable bonds is 11. The number of hydrogen-bond donors (Lipinski definition) is 4. The van der Waals surface area contributed by atoms with Crippen molar-refractivity contribution in [2.45, 2.75) is 71.2 Å². The second-order valence-electron chi connectivity index (χ2n) is 8.00. The van der Waals surface area contributed by atoms with Gasteiger partial charge >= 0.3 is 5.97 Å². The van der Waals surface area contributed by atoms with Crippen molar-refractivity contribution in [1.82, 2.24) is 29.7 Å². The molecule has 2 aromatic heterocycles. The van der Waals surface area contributed by atoms with Crippen molar-refractivity contribution in [3.8, 4) is 0 Å². The summed E-state index contributed by atoms with van der Waals surface area (Å²) in [6.07, 6.45) is 6.17. The van der Waals surface area contributed by atoms with E-state index in [0.29, 0.717) is 25.1 Å². The van der Waals surface area contributed by atoms with Crippen LogP contribution in [0.3, 0.4) is 0 Å². The van der Waals surface area contributed by atoms with E-state index in [0.717, 1.165) is 25.7 Å². The summed E-state index contributed by atoms with van der Waals surface area (Å²) in [5, 5.41) is 6.75. The van der Waals surface area contributed by atoms with Crippen molar-refractivity contribution in [3.05, 3.63) is 16.7 Å². The third-order valence-electron chi connectivity index (χ3n) is 4.89. The number of hydrogen-bond acceptors (Lipinski definition) is 9. The molecule has 0 saturated heterocycles. The maximum absolute atomic E-state index is 12.4. The Balaban J connectivity index is 1.49. The lowest BCUT2D eigenvalue weighted by molar-refractivity contribution is -0.150. The molecule has 1 aliphatic rings. The summed E-state index contributed by atoms with van der Waals surface area (Å²) in [6.45, 7) is 6.77. The van der Waals surface area contributed by atoms with Crippen LogP contribution in [0, 0.1) is 0 Å². The van der Waals surface area contributed by atoms with Gasteiger partial charge in [0.05, 0.1) is 27.5 Å². The first-order valence-electron chi connectivity index (χ1n) is 10.6. The summed E-state index contributed by atoms with van der Waals surface area (Å²) in [5.74, 6) is -0.170. The molecule has 0 spiro atoms. The Labute approximate surface area is 182 Å². The van der Waals surface area contributed by atoms with Crippen LogP contribution < -0.4 is 21.5 Å². The Morgan fingerprint density at radius 3 is 2.81 bits per heavy atom. The van der Waals surface area contributed by atoms with Crippen molar-refractivity contribution in [2.75, 3.05) is 18.7 Å². The van der Waals surface area contributed by atoms with Crippen LogP contribution in [0.1, 0.15) is 46.5 Å². The number of carbonyl (C=O) groups excluding carboxylic acids is 1. The fourth-order valence-electron chi connectivity index (χ4n) is 3.44. The molecule has 1 unspecified atom stereocenters. The van der Waals surface area contributed by atoms with Gasteiger partial charge in [-0.15, -0.1) is 0 Å². The summed E-state index contributed by atoms with van der Waals surface area (Å²) in [4.78, 5) is 34.9. The number of nitrogen functional groups attached to an aromatic ring is 1. The highest BCUT2D eigenvalue weighted by molar-refractivity contribution is 7.53. The zero-order valence-corrected chi connectivity index (χ0v) is 19.2. The zero-order valence-electron chi connectivity index (χ0n) is 18.3. The molecule has 1 saturated carbocycles. The predicted octanol–water partition coefficient (Wildman–Crippen LogP) is 1.45. The van der Waals surface area contributed by atoms with Gasteiger partial charge < -0.3 is 19.8 Å². The average molecular weight is 453 g/mol. The van der Waals surface area contributed by atoms with Gasteiger partial charge in [-0.3, -0.25) is 24.7 Å². The molecule has 31 heavy (non-hydrogen) atoms. The fourth-order valence-corrected chi connectivity index (χ4v) is 5.17. The van der Waals surface area contributed by atoms with Crippen molar-refractivity contribution in [1.29, 1.82) is 0 Å². The SMILES string of the molecule is CC(C)NP(COCCn1cnc2c(=O)[nH]c(N)nc21)N[C@@H](C)C(=O)OC1CCCC1. The second-order valence-corrected chi connectivity index (χ2v) is 9.64. The summed E-state index contributed by atoms with van der Waals surface area (Å²) in [5.41, 5.74) is 5.93. The number of nitrogens with two attached hydrogens (primary N) is 1. The molecule has 0 amide bonds. The van der Waals surface area contributed by atoms with Crippen LogP contribution in [-0.2, 0) is 20.8 Å². The first kappa shape index (κ1) is 23.6. The third-order valence-corrected chi connectivity index (χ3v) is 6.86. The van der Waals surface area contributed by atoms with Crippen molar-refractivity contribution < 1.29 is 14.3 Å². The molecule has 1 aliphatic carbocycles. The van der Waals surface area contributed by atoms with Gasteiger partial charge in [-0.2, -0.15) is 4.98 Å². The Bertz CT molecular complexity index is 926. The molecule has 1 fully saturated rings. The minimum absolute atomic E-state index is 0.0486. The maximum Gasteiger partial charge on any atom is 0.323 e. The molecule has 2 aromatic rings. The largest absolute Gasteiger partial charge is 0.461 e. The minimum atomic E-state index is -0.942. The lowest BCUT2D eigenvalue weighted by Gasteiger charge is -2.26. The molecule has 0 bridgehead atoms. The third kappa shape index (κ3) is 6.70. The van der Waals surface area contributed by atoms with E-state index in [1.807, 2.05) is 20.8 Å². The Hall–Kier alpha value is -2.07. The van der Waals surface area contributed by atoms with E-state index in [2.05, 4.69) is 25.1 Å². The van der Waals surface area contributed by atoms with Crippen LogP contribution in [0.5, 0.6) is 0 Å². The normalized spacial score (nSPS) is 16.8. The van der Waals surface area contributed by atoms with Gasteiger partial charge in [-0.05, 0) is 46.5 Å². The molecular weight excluding hydrogens is 421 g/mol. The van der Waals surface area contributed by atoms with Gasteiger partial charge in [0.25, 0.3) is 5.56 Å². The number of aromatic nitrogens is 4. The van der Waals surface area contributed by atoms with E-state index < -0.39 is 14.3 Å². The monoisotopic (exact) mass is 453 g/mol. The molecule has 0 radical (unpaired) electrons. The average Bonchev–Trinajstić information content (AvgIpc) is 3.34. The van der Waals surface area contributed by atoms with Crippen LogP contribution in [0.2, 0.25) is 0 Å². The highest BCUT2D eigenvalue weighted by Crippen LogP contribution is 2.28. The summed E-state index contributed by atoms with van der Waals surface area (Å²) < 4.78 is 13.2. The minimum Gasteiger partial charge on any atom is -0.461 e. The van der Waals surface area contributed by atoms with E-state index in [-0.39, 0.29) is 35.1 Å². The van der Waals surface area contributed by atoms with Crippen LogP contribution in [0.15, 0.2) is 11.1 Å². The standard InChI is InChI=1S/C19H32N7O4P/c1-12(2)24-31(25-13(3)18(28)30-14-6-4-5-7-14)11-29-9-8-26-10-21-15-16(26)22-19(20)23-17(15)27/h10,12-14,24-25H,4-9,11H2,1-3H3,(H3,20,22,23,27)/t13-,31?/m0/s1. The number of aromatic amines is 1. The van der Waals surface area contributed by atoms with E-state index in [1.54, 1.807) is 10.9 Å². The predicted molar refractivity (Wildman–Crippen MR) is 120 cm³/mol. The van der Waals surface area contributed by atoms with Gasteiger partial charge in [0.15, 0.2) is 11.2 Å². The smallest absolute Gasteiger partial charge is 0.323 e. The number of anilines is 1. The Kier molecular flexibility index (Phi) is 8.36. The molecule has 172 valence electrons. The highest BCUT2D eigenvalue weighted by atomic mass is 31.1.